The summed E-state index contributed by atoms with van der Waals surface area (Å²) in [6, 6.07) is 21.1. The largest absolute Gasteiger partial charge is 0.508 e. The summed E-state index contributed by atoms with van der Waals surface area (Å²) in [6.45, 7) is 0.346. The SMILES string of the molecule is O=CO/C=C/c1ccc(Oc2c(C(=O)c3ccccc3)sc3cc(O)ccc23)cc1. The Kier molecular flexibility index (Phi) is 5.59. The van der Waals surface area contributed by atoms with Gasteiger partial charge in [-0.15, -0.1) is 11.3 Å². The molecule has 1 heterocycles. The van der Waals surface area contributed by atoms with Gasteiger partial charge in [0.05, 0.1) is 6.26 Å². The molecule has 0 amide bonds. The number of carbonyl (C=O) groups excluding carboxylic acids is 2. The van der Waals surface area contributed by atoms with Gasteiger partial charge in [-0.3, -0.25) is 9.59 Å². The van der Waals surface area contributed by atoms with Crippen molar-refractivity contribution < 1.29 is 24.2 Å². The predicted octanol–water partition coefficient (Wildman–Crippen LogP) is 5.77. The van der Waals surface area contributed by atoms with Crippen LogP contribution in [0.1, 0.15) is 20.8 Å². The number of thiophene rings is 1. The highest BCUT2D eigenvalue weighted by Crippen LogP contribution is 2.42. The summed E-state index contributed by atoms with van der Waals surface area (Å²) >= 11 is 1.28. The quantitative estimate of drug-likeness (QED) is 0.235. The standard InChI is InChI=1S/C24H16O5S/c25-15-28-13-12-16-6-9-19(10-7-16)29-23-20-11-8-18(26)14-21(20)30-24(23)22(27)17-4-2-1-3-5-17/h1-15,26H/b13-12+. The number of ketones is 1. The molecule has 0 fully saturated rings. The van der Waals surface area contributed by atoms with Gasteiger partial charge in [0.1, 0.15) is 16.4 Å². The predicted molar refractivity (Wildman–Crippen MR) is 116 cm³/mol. The Bertz CT molecular complexity index is 1220. The number of fused-ring (bicyclic) bond motifs is 1. The fraction of sp³-hybridized carbons (Fsp3) is 0. The number of hydrogen-bond acceptors (Lipinski definition) is 6. The van der Waals surface area contributed by atoms with Gasteiger partial charge in [0.15, 0.2) is 5.75 Å². The second-order valence-electron chi connectivity index (χ2n) is 6.34. The van der Waals surface area contributed by atoms with Crippen molar-refractivity contribution in [2.24, 2.45) is 0 Å². The summed E-state index contributed by atoms with van der Waals surface area (Å²) in [7, 11) is 0. The third-order valence-corrected chi connectivity index (χ3v) is 5.50. The molecule has 0 aliphatic rings. The highest BCUT2D eigenvalue weighted by molar-refractivity contribution is 7.21. The van der Waals surface area contributed by atoms with Crippen LogP contribution in [0.4, 0.5) is 0 Å². The maximum atomic E-state index is 13.1. The van der Waals surface area contributed by atoms with E-state index in [1.807, 2.05) is 18.2 Å². The second-order valence-corrected chi connectivity index (χ2v) is 7.39. The van der Waals surface area contributed by atoms with E-state index in [0.717, 1.165) is 15.6 Å². The molecule has 3 aromatic carbocycles. The molecule has 1 N–H and O–H groups in total. The summed E-state index contributed by atoms with van der Waals surface area (Å²) in [5, 5.41) is 10.6. The van der Waals surface area contributed by atoms with Crippen LogP contribution < -0.4 is 4.74 Å². The Morgan fingerprint density at radius 2 is 1.73 bits per heavy atom. The number of phenols is 1. The molecule has 0 radical (unpaired) electrons. The highest BCUT2D eigenvalue weighted by atomic mass is 32.1. The number of carbonyl (C=O) groups is 2. The van der Waals surface area contributed by atoms with Crippen LogP contribution in [0.15, 0.2) is 79.1 Å². The van der Waals surface area contributed by atoms with E-state index in [2.05, 4.69) is 4.74 Å². The van der Waals surface area contributed by atoms with E-state index in [4.69, 9.17) is 4.74 Å². The van der Waals surface area contributed by atoms with Gasteiger partial charge < -0.3 is 14.6 Å². The van der Waals surface area contributed by atoms with E-state index in [0.29, 0.717) is 28.4 Å². The summed E-state index contributed by atoms with van der Waals surface area (Å²) in [6.07, 6.45) is 2.93. The average Bonchev–Trinajstić information content (AvgIpc) is 3.12. The molecule has 0 unspecified atom stereocenters. The smallest absolute Gasteiger partial charge is 0.297 e. The van der Waals surface area contributed by atoms with Crippen molar-refractivity contribution in [1.82, 2.24) is 0 Å². The van der Waals surface area contributed by atoms with Gasteiger partial charge >= 0.3 is 0 Å². The third-order valence-electron chi connectivity index (χ3n) is 4.36. The summed E-state index contributed by atoms with van der Waals surface area (Å²) in [5.74, 6) is 0.995. The zero-order valence-electron chi connectivity index (χ0n) is 15.6. The molecule has 148 valence electrons. The van der Waals surface area contributed by atoms with Gasteiger partial charge in [-0.1, -0.05) is 42.5 Å². The van der Waals surface area contributed by atoms with E-state index in [1.165, 1.54) is 17.6 Å². The topological polar surface area (TPSA) is 72.8 Å². The van der Waals surface area contributed by atoms with Crippen LogP contribution in [0.3, 0.4) is 0 Å². The lowest BCUT2D eigenvalue weighted by molar-refractivity contribution is -0.123. The van der Waals surface area contributed by atoms with E-state index in [1.54, 1.807) is 60.7 Å². The molecular formula is C24H16O5S. The highest BCUT2D eigenvalue weighted by Gasteiger charge is 2.22. The lowest BCUT2D eigenvalue weighted by Gasteiger charge is -2.08. The number of aromatic hydroxyl groups is 1. The minimum absolute atomic E-state index is 0.127. The van der Waals surface area contributed by atoms with Gasteiger partial charge in [-0.2, -0.15) is 0 Å². The Labute approximate surface area is 176 Å². The van der Waals surface area contributed by atoms with Crippen molar-refractivity contribution in [3.05, 3.63) is 95.1 Å². The first-order valence-electron chi connectivity index (χ1n) is 9.04. The fourth-order valence-corrected chi connectivity index (χ4v) is 4.07. The van der Waals surface area contributed by atoms with E-state index < -0.39 is 0 Å². The van der Waals surface area contributed by atoms with Crippen molar-refractivity contribution in [3.8, 4) is 17.2 Å². The van der Waals surface area contributed by atoms with Crippen LogP contribution in [0.5, 0.6) is 17.2 Å². The van der Waals surface area contributed by atoms with Gasteiger partial charge in [-0.25, -0.2) is 0 Å². The molecule has 6 heteroatoms. The Morgan fingerprint density at radius 1 is 0.967 bits per heavy atom. The number of ether oxygens (including phenoxy) is 2. The van der Waals surface area contributed by atoms with Crippen LogP contribution in [0.2, 0.25) is 0 Å². The second kappa shape index (κ2) is 8.63. The first kappa shape index (κ1) is 19.4. The van der Waals surface area contributed by atoms with Crippen molar-refractivity contribution >= 4 is 39.8 Å². The first-order chi connectivity index (χ1) is 14.7. The third kappa shape index (κ3) is 4.09. The molecule has 1 aromatic heterocycles. The van der Waals surface area contributed by atoms with E-state index in [9.17, 15) is 14.7 Å². The van der Waals surface area contributed by atoms with Crippen LogP contribution in [-0.4, -0.2) is 17.4 Å². The van der Waals surface area contributed by atoms with E-state index in [-0.39, 0.29) is 11.5 Å². The molecule has 0 saturated carbocycles. The maximum Gasteiger partial charge on any atom is 0.297 e. The van der Waals surface area contributed by atoms with Gasteiger partial charge in [-0.05, 0) is 42.0 Å². The van der Waals surface area contributed by atoms with Crippen LogP contribution in [0.25, 0.3) is 16.2 Å². The molecule has 0 saturated heterocycles. The minimum atomic E-state index is -0.142. The Morgan fingerprint density at radius 3 is 2.47 bits per heavy atom. The van der Waals surface area contributed by atoms with Crippen molar-refractivity contribution in [3.63, 3.8) is 0 Å². The van der Waals surface area contributed by atoms with Gasteiger partial charge in [0.25, 0.3) is 6.47 Å². The summed E-state index contributed by atoms with van der Waals surface area (Å²) in [4.78, 5) is 23.8. The molecular weight excluding hydrogens is 400 g/mol. The van der Waals surface area contributed by atoms with Crippen molar-refractivity contribution in [2.75, 3.05) is 0 Å². The lowest BCUT2D eigenvalue weighted by atomic mass is 10.1. The van der Waals surface area contributed by atoms with Crippen LogP contribution in [0, 0.1) is 0 Å². The normalized spacial score (nSPS) is 10.9. The first-order valence-corrected chi connectivity index (χ1v) is 9.86. The molecule has 30 heavy (non-hydrogen) atoms. The summed E-state index contributed by atoms with van der Waals surface area (Å²) < 4.78 is 11.4. The molecule has 5 nitrogen and oxygen atoms in total. The minimum Gasteiger partial charge on any atom is -0.508 e. The van der Waals surface area contributed by atoms with Gasteiger partial charge in [0, 0.05) is 15.6 Å². The van der Waals surface area contributed by atoms with Crippen LogP contribution in [-0.2, 0) is 9.53 Å². The monoisotopic (exact) mass is 416 g/mol. The Balaban J connectivity index is 1.72. The molecule has 0 aliphatic heterocycles. The lowest BCUT2D eigenvalue weighted by Crippen LogP contribution is -2.00. The summed E-state index contributed by atoms with van der Waals surface area (Å²) in [5.41, 5.74) is 1.39. The van der Waals surface area contributed by atoms with Crippen LogP contribution >= 0.6 is 11.3 Å². The Hall–Kier alpha value is -3.90. The van der Waals surface area contributed by atoms with E-state index >= 15 is 0 Å². The van der Waals surface area contributed by atoms with Gasteiger partial charge in [0.2, 0.25) is 5.78 Å². The number of benzene rings is 3. The zero-order valence-corrected chi connectivity index (χ0v) is 16.5. The maximum absolute atomic E-state index is 13.1. The average molecular weight is 416 g/mol. The zero-order chi connectivity index (χ0) is 20.9. The number of rotatable bonds is 7. The molecule has 0 atom stereocenters. The molecule has 0 spiro atoms. The number of hydrogen-bond donors (Lipinski definition) is 1. The van der Waals surface area contributed by atoms with Crippen molar-refractivity contribution in [2.45, 2.75) is 0 Å². The number of phenolic OH excluding ortho intramolecular Hbond substituents is 1. The molecule has 0 aliphatic carbocycles. The van der Waals surface area contributed by atoms with Crippen molar-refractivity contribution in [1.29, 1.82) is 0 Å². The molecule has 4 rings (SSSR count). The fourth-order valence-electron chi connectivity index (χ4n) is 2.95. The molecule has 4 aromatic rings. The molecule has 0 bridgehead atoms.